The number of carbonyl (C=O) groups is 3. The van der Waals surface area contributed by atoms with Crippen LogP contribution < -0.4 is 34.7 Å². The fourth-order valence-corrected chi connectivity index (χ4v) is 6.95. The Morgan fingerprint density at radius 3 is 2.29 bits per heavy atom. The summed E-state index contributed by atoms with van der Waals surface area (Å²) in [6, 6.07) is -1.70. The van der Waals surface area contributed by atoms with Crippen LogP contribution >= 0.6 is 0 Å². The third-order valence-electron chi connectivity index (χ3n) is 6.40. The van der Waals surface area contributed by atoms with Crippen molar-refractivity contribution in [3.63, 3.8) is 0 Å². The Labute approximate surface area is 186 Å². The van der Waals surface area contributed by atoms with Gasteiger partial charge in [0.1, 0.15) is 17.4 Å². The minimum atomic E-state index is -4.12. The van der Waals surface area contributed by atoms with E-state index in [1.54, 1.807) is 7.05 Å². The van der Waals surface area contributed by atoms with E-state index in [2.05, 4.69) is 0 Å². The molecule has 28 heavy (non-hydrogen) atoms. The van der Waals surface area contributed by atoms with Gasteiger partial charge in [-0.1, -0.05) is 19.3 Å². The monoisotopic (exact) mass is 424 g/mol. The van der Waals surface area contributed by atoms with Crippen molar-refractivity contribution in [2.45, 2.75) is 74.3 Å². The van der Waals surface area contributed by atoms with Crippen molar-refractivity contribution in [3.05, 3.63) is 0 Å². The van der Waals surface area contributed by atoms with Crippen LogP contribution in [0.3, 0.4) is 0 Å². The predicted molar refractivity (Wildman–Crippen MR) is 91.6 cm³/mol. The Balaban J connectivity index is 0.00000280. The topological polar surface area (TPSA) is 135 Å². The Bertz CT molecular complexity index is 778. The van der Waals surface area contributed by atoms with Gasteiger partial charge in [-0.05, 0) is 26.7 Å². The van der Waals surface area contributed by atoms with Crippen LogP contribution in [-0.2, 0) is 24.2 Å². The average molecular weight is 424 g/mol. The molecule has 1 saturated carbocycles. The van der Waals surface area contributed by atoms with E-state index in [0.717, 1.165) is 37.0 Å². The summed E-state index contributed by atoms with van der Waals surface area (Å²) >= 11 is 0. The number of hydrogen-bond donors (Lipinski definition) is 1. The van der Waals surface area contributed by atoms with Gasteiger partial charge in [0.05, 0.1) is 16.8 Å². The number of β-lactam (4-membered cyclic amide) rings is 1. The zero-order chi connectivity index (χ0) is 20.3. The van der Waals surface area contributed by atoms with E-state index >= 15 is 0 Å². The number of aliphatic hydroxyl groups excluding tert-OH is 1. The van der Waals surface area contributed by atoms with Crippen LogP contribution in [0.4, 0.5) is 0 Å². The summed E-state index contributed by atoms with van der Waals surface area (Å²) in [7, 11) is -2.58. The molecule has 3 aliphatic rings. The number of carboxylic acid groups (broad SMARTS) is 1. The molecule has 0 aromatic carbocycles. The molecular formula is C17H25N2NaO7S. The molecule has 0 aromatic rings. The van der Waals surface area contributed by atoms with E-state index in [-0.39, 0.29) is 35.6 Å². The second-order valence-corrected chi connectivity index (χ2v) is 10.8. The molecule has 3 rings (SSSR count). The standard InChI is InChI=1S/C17H26N2O7S.Na/c1-17(2)12(16(23)24)19-13(21)10(15(19)27(17,25)26)11(20)14(22)18(3)9-7-5-4-6-8-9;/h9-12,15,20H,4-8H2,1-3H3,(H,23,24);/q;+1/p-1/t10-,11+,12+,15-;/m1./s1. The van der Waals surface area contributed by atoms with Gasteiger partial charge >= 0.3 is 29.6 Å². The molecule has 11 heteroatoms. The van der Waals surface area contributed by atoms with Gasteiger partial charge in [-0.25, -0.2) is 8.42 Å². The third kappa shape index (κ3) is 3.21. The molecule has 0 spiro atoms. The Kier molecular flexibility index (Phi) is 6.63. The summed E-state index contributed by atoms with van der Waals surface area (Å²) < 4.78 is 23.9. The number of aliphatic carboxylic acids is 1. The smallest absolute Gasteiger partial charge is 0.548 e. The predicted octanol–water partition coefficient (Wildman–Crippen LogP) is -4.75. The molecule has 2 saturated heterocycles. The van der Waals surface area contributed by atoms with E-state index < -0.39 is 55.8 Å². The molecule has 0 bridgehead atoms. The molecule has 1 N–H and O–H groups in total. The van der Waals surface area contributed by atoms with Crippen LogP contribution in [0.2, 0.25) is 0 Å². The van der Waals surface area contributed by atoms with Gasteiger partial charge in [-0.15, -0.1) is 0 Å². The van der Waals surface area contributed by atoms with Crippen molar-refractivity contribution in [1.29, 1.82) is 0 Å². The van der Waals surface area contributed by atoms with E-state index in [1.165, 1.54) is 18.7 Å². The zero-order valence-corrected chi connectivity index (χ0v) is 19.4. The van der Waals surface area contributed by atoms with Gasteiger partial charge in [0, 0.05) is 13.1 Å². The largest absolute Gasteiger partial charge is 1.00 e. The first kappa shape index (κ1) is 23.6. The summed E-state index contributed by atoms with van der Waals surface area (Å²) in [5.74, 6) is -4.71. The van der Waals surface area contributed by atoms with Gasteiger partial charge in [0.2, 0.25) is 5.91 Å². The average Bonchev–Trinajstić information content (AvgIpc) is 2.75. The first-order chi connectivity index (χ1) is 12.4. The third-order valence-corrected chi connectivity index (χ3v) is 9.24. The maximum absolute atomic E-state index is 12.8. The van der Waals surface area contributed by atoms with Gasteiger partial charge in [0.25, 0.3) is 5.91 Å². The van der Waals surface area contributed by atoms with Gasteiger partial charge < -0.3 is 24.8 Å². The summed E-state index contributed by atoms with van der Waals surface area (Å²) in [4.78, 5) is 38.8. The van der Waals surface area contributed by atoms with Crippen LogP contribution in [0.5, 0.6) is 0 Å². The molecule has 2 heterocycles. The second kappa shape index (κ2) is 7.86. The normalized spacial score (nSPS) is 31.9. The number of aliphatic hydroxyl groups is 1. The summed E-state index contributed by atoms with van der Waals surface area (Å²) in [5.41, 5.74) is 0. The maximum Gasteiger partial charge on any atom is 1.00 e. The number of sulfone groups is 1. The molecule has 0 aromatic heterocycles. The van der Waals surface area contributed by atoms with Crippen LogP contribution in [0, 0.1) is 5.92 Å². The Hall–Kier alpha value is -0.680. The van der Waals surface area contributed by atoms with Crippen LogP contribution in [0.1, 0.15) is 46.0 Å². The number of likely N-dealkylation sites (N-methyl/N-ethyl adjacent to an activating group) is 1. The van der Waals surface area contributed by atoms with Crippen molar-refractivity contribution in [3.8, 4) is 0 Å². The maximum atomic E-state index is 12.8. The van der Waals surface area contributed by atoms with Crippen LogP contribution in [0.25, 0.3) is 0 Å². The van der Waals surface area contributed by atoms with Crippen molar-refractivity contribution >= 4 is 27.6 Å². The van der Waals surface area contributed by atoms with Gasteiger partial charge in [-0.2, -0.15) is 0 Å². The SMILES string of the molecule is CN(C(=O)[C@@H](O)[C@@H]1C(=O)N2[C@@H](C(=O)[O-])C(C)(C)S(=O)(=O)[C@H]12)C1CCCCC1.[Na+]. The molecule has 1 aliphatic carbocycles. The van der Waals surface area contributed by atoms with Crippen LogP contribution in [-0.4, -0.2) is 76.5 Å². The minimum absolute atomic E-state index is 0. The van der Waals surface area contributed by atoms with Crippen LogP contribution in [0.15, 0.2) is 0 Å². The molecule has 2 aliphatic heterocycles. The molecule has 3 fully saturated rings. The molecule has 152 valence electrons. The van der Waals surface area contributed by atoms with Gasteiger partial charge in [-0.3, -0.25) is 9.59 Å². The summed E-state index contributed by atoms with van der Waals surface area (Å²) in [6.45, 7) is 2.43. The molecular weight excluding hydrogens is 399 g/mol. The van der Waals surface area contributed by atoms with Crippen molar-refractivity contribution in [2.24, 2.45) is 5.92 Å². The van der Waals surface area contributed by atoms with E-state index in [0.29, 0.717) is 0 Å². The number of hydrogen-bond acceptors (Lipinski definition) is 7. The fraction of sp³-hybridized carbons (Fsp3) is 0.824. The minimum Gasteiger partial charge on any atom is -0.548 e. The number of amides is 2. The van der Waals surface area contributed by atoms with Crippen molar-refractivity contribution < 1.29 is 62.6 Å². The van der Waals surface area contributed by atoms with Crippen molar-refractivity contribution in [1.82, 2.24) is 9.80 Å². The second-order valence-electron chi connectivity index (χ2n) is 8.22. The number of carboxylic acids is 1. The molecule has 0 unspecified atom stereocenters. The first-order valence-electron chi connectivity index (χ1n) is 9.15. The summed E-state index contributed by atoms with van der Waals surface area (Å²) in [5, 5.41) is 20.4. The van der Waals surface area contributed by atoms with E-state index in [1.807, 2.05) is 0 Å². The fourth-order valence-electron chi connectivity index (χ4n) is 4.63. The Morgan fingerprint density at radius 1 is 1.25 bits per heavy atom. The molecule has 9 nitrogen and oxygen atoms in total. The van der Waals surface area contributed by atoms with Gasteiger partial charge in [0.15, 0.2) is 9.84 Å². The molecule has 0 radical (unpaired) electrons. The van der Waals surface area contributed by atoms with E-state index in [9.17, 15) is 33.0 Å². The number of nitrogens with zero attached hydrogens (tertiary/aromatic N) is 2. The van der Waals surface area contributed by atoms with E-state index in [4.69, 9.17) is 0 Å². The zero-order valence-electron chi connectivity index (χ0n) is 16.6. The number of rotatable bonds is 4. The quantitative estimate of drug-likeness (QED) is 0.354. The first-order valence-corrected chi connectivity index (χ1v) is 10.7. The molecule has 4 atom stereocenters. The Morgan fingerprint density at radius 2 is 1.79 bits per heavy atom. The van der Waals surface area contributed by atoms with Crippen molar-refractivity contribution in [2.75, 3.05) is 7.05 Å². The summed E-state index contributed by atoms with van der Waals surface area (Å²) in [6.07, 6.45) is 2.77. The number of fused-ring (bicyclic) bond motifs is 1. The molecule has 2 amide bonds. The number of carbonyl (C=O) groups excluding carboxylic acids is 3.